The first-order valence-electron chi connectivity index (χ1n) is 13.5. The largest absolute Gasteiger partial charge is 0.493 e. The van der Waals surface area contributed by atoms with E-state index in [0.717, 1.165) is 22.6 Å². The number of aryl methyl sites for hydroxylation is 2. The van der Waals surface area contributed by atoms with E-state index in [1.54, 1.807) is 36.4 Å². The Morgan fingerprint density at radius 2 is 1.66 bits per heavy atom. The van der Waals surface area contributed by atoms with Crippen LogP contribution in [0.3, 0.4) is 0 Å². The van der Waals surface area contributed by atoms with Crippen LogP contribution in [0.4, 0.5) is 0 Å². The number of aromatic nitrogens is 1. The van der Waals surface area contributed by atoms with E-state index >= 15 is 0 Å². The average molecular weight is 697 g/mol. The number of benzene rings is 3. The molecule has 1 N–H and O–H groups in total. The number of methoxy groups -OCH3 is 1. The number of hydrogen-bond donors (Lipinski definition) is 1. The maximum absolute atomic E-state index is 12.6. The van der Waals surface area contributed by atoms with Gasteiger partial charge in [-0.15, -0.1) is 0 Å². The number of carbonyl (C=O) groups is 1. The highest BCUT2D eigenvalue weighted by atomic mass is 79.9. The van der Waals surface area contributed by atoms with E-state index < -0.39 is 5.91 Å². The monoisotopic (exact) mass is 695 g/mol. The third kappa shape index (κ3) is 7.48. The molecule has 11 heteroatoms. The summed E-state index contributed by atoms with van der Waals surface area (Å²) in [6.45, 7) is 4.57. The SMILES string of the molecule is COc1cc(/C=N/NC(=O)c2ccc(COc3ccc(-n4c(C)ccc4C)cc3)o2)c(Br)cc1OCc1ccc(Cl)c(Cl)c1. The lowest BCUT2D eigenvalue weighted by Crippen LogP contribution is -2.16. The number of rotatable bonds is 11. The molecule has 2 aromatic heterocycles. The van der Waals surface area contributed by atoms with Gasteiger partial charge < -0.3 is 23.2 Å². The van der Waals surface area contributed by atoms with Crippen molar-refractivity contribution in [1.29, 1.82) is 0 Å². The highest BCUT2D eigenvalue weighted by molar-refractivity contribution is 9.10. The van der Waals surface area contributed by atoms with Crippen LogP contribution in [0.15, 0.2) is 92.9 Å². The molecule has 5 rings (SSSR count). The predicted octanol–water partition coefficient (Wildman–Crippen LogP) is 8.69. The van der Waals surface area contributed by atoms with Crippen LogP contribution in [0.25, 0.3) is 5.69 Å². The Morgan fingerprint density at radius 1 is 0.909 bits per heavy atom. The summed E-state index contributed by atoms with van der Waals surface area (Å²) < 4.78 is 25.8. The fraction of sp³-hybridized carbons (Fsp3) is 0.152. The number of furan rings is 1. The normalized spacial score (nSPS) is 11.1. The first-order valence-corrected chi connectivity index (χ1v) is 15.0. The molecule has 0 aliphatic heterocycles. The summed E-state index contributed by atoms with van der Waals surface area (Å²) in [4.78, 5) is 12.6. The van der Waals surface area contributed by atoms with Gasteiger partial charge in [-0.25, -0.2) is 5.43 Å². The predicted molar refractivity (Wildman–Crippen MR) is 175 cm³/mol. The van der Waals surface area contributed by atoms with Gasteiger partial charge in [0, 0.05) is 27.1 Å². The summed E-state index contributed by atoms with van der Waals surface area (Å²) in [5.74, 6) is 1.80. The van der Waals surface area contributed by atoms with Gasteiger partial charge in [0.15, 0.2) is 17.3 Å². The number of hydrazone groups is 1. The number of nitrogens with zero attached hydrogens (tertiary/aromatic N) is 2. The van der Waals surface area contributed by atoms with E-state index in [4.69, 9.17) is 41.8 Å². The van der Waals surface area contributed by atoms with Crippen LogP contribution < -0.4 is 19.6 Å². The smallest absolute Gasteiger partial charge is 0.307 e. The minimum Gasteiger partial charge on any atom is -0.493 e. The standard InChI is InChI=1S/C33H28BrCl2N3O5/c1-20-4-5-21(2)39(20)24-7-9-25(10-8-24)42-19-26-11-13-30(44-26)33(40)38-37-17-23-15-31(41-3)32(16-27(23)34)43-18-22-6-12-28(35)29(36)14-22/h4-17H,18-19H2,1-3H3,(H,38,40)/b37-17+. The van der Waals surface area contributed by atoms with Crippen molar-refractivity contribution in [3.05, 3.63) is 127 Å². The number of carbonyl (C=O) groups excluding carboxylic acids is 1. The molecule has 0 spiro atoms. The van der Waals surface area contributed by atoms with Crippen LogP contribution in [-0.2, 0) is 13.2 Å². The van der Waals surface area contributed by atoms with Crippen LogP contribution in [-0.4, -0.2) is 23.8 Å². The number of ether oxygens (including phenoxy) is 3. The summed E-state index contributed by atoms with van der Waals surface area (Å²) in [5.41, 5.74) is 7.37. The van der Waals surface area contributed by atoms with Gasteiger partial charge in [0.05, 0.1) is 23.4 Å². The van der Waals surface area contributed by atoms with Crippen molar-refractivity contribution >= 4 is 51.3 Å². The molecule has 0 saturated heterocycles. The van der Waals surface area contributed by atoms with Crippen molar-refractivity contribution in [3.63, 3.8) is 0 Å². The average Bonchev–Trinajstić information content (AvgIpc) is 3.63. The summed E-state index contributed by atoms with van der Waals surface area (Å²) in [6, 6.07) is 24.0. The molecule has 0 fully saturated rings. The number of hydrogen-bond acceptors (Lipinski definition) is 6. The van der Waals surface area contributed by atoms with Crippen molar-refractivity contribution in [2.75, 3.05) is 7.11 Å². The van der Waals surface area contributed by atoms with Gasteiger partial charge in [-0.05, 0) is 108 Å². The molecule has 2 heterocycles. The van der Waals surface area contributed by atoms with Crippen LogP contribution in [0, 0.1) is 13.8 Å². The zero-order chi connectivity index (χ0) is 31.2. The number of amides is 1. The molecule has 1 amide bonds. The molecule has 0 aliphatic rings. The minimum absolute atomic E-state index is 0.109. The highest BCUT2D eigenvalue weighted by Gasteiger charge is 2.13. The lowest BCUT2D eigenvalue weighted by Gasteiger charge is -2.13. The molecule has 8 nitrogen and oxygen atoms in total. The van der Waals surface area contributed by atoms with Gasteiger partial charge in [-0.1, -0.05) is 29.3 Å². The summed E-state index contributed by atoms with van der Waals surface area (Å²) in [6.07, 6.45) is 1.49. The summed E-state index contributed by atoms with van der Waals surface area (Å²) >= 11 is 15.6. The lowest BCUT2D eigenvalue weighted by atomic mass is 10.2. The Labute approximate surface area is 273 Å². The zero-order valence-corrected chi connectivity index (χ0v) is 27.2. The van der Waals surface area contributed by atoms with Gasteiger partial charge in [0.2, 0.25) is 0 Å². The minimum atomic E-state index is -0.501. The summed E-state index contributed by atoms with van der Waals surface area (Å²) in [7, 11) is 1.54. The topological polar surface area (TPSA) is 87.2 Å². The van der Waals surface area contributed by atoms with Gasteiger partial charge >= 0.3 is 5.91 Å². The van der Waals surface area contributed by atoms with Crippen molar-refractivity contribution in [2.24, 2.45) is 5.10 Å². The molecule has 0 radical (unpaired) electrons. The third-order valence-electron chi connectivity index (χ3n) is 6.66. The number of halogens is 3. The first-order chi connectivity index (χ1) is 21.2. The Balaban J connectivity index is 1.15. The van der Waals surface area contributed by atoms with Crippen LogP contribution in [0.1, 0.15) is 38.8 Å². The molecule has 44 heavy (non-hydrogen) atoms. The van der Waals surface area contributed by atoms with Gasteiger partial charge in [0.25, 0.3) is 0 Å². The van der Waals surface area contributed by atoms with E-state index in [1.165, 1.54) is 13.3 Å². The molecular weight excluding hydrogens is 669 g/mol. The van der Waals surface area contributed by atoms with E-state index in [1.807, 2.05) is 30.3 Å². The van der Waals surface area contributed by atoms with E-state index in [-0.39, 0.29) is 19.0 Å². The van der Waals surface area contributed by atoms with Crippen LogP contribution in [0.5, 0.6) is 17.2 Å². The van der Waals surface area contributed by atoms with Gasteiger partial charge in [-0.3, -0.25) is 4.79 Å². The molecule has 0 unspecified atom stereocenters. The maximum atomic E-state index is 12.6. The highest BCUT2D eigenvalue weighted by Crippen LogP contribution is 2.34. The lowest BCUT2D eigenvalue weighted by molar-refractivity contribution is 0.0923. The van der Waals surface area contributed by atoms with Crippen molar-refractivity contribution in [3.8, 4) is 22.9 Å². The molecule has 226 valence electrons. The quantitative estimate of drug-likeness (QED) is 0.110. The molecule has 0 atom stereocenters. The van der Waals surface area contributed by atoms with Crippen LogP contribution in [0.2, 0.25) is 10.0 Å². The maximum Gasteiger partial charge on any atom is 0.307 e. The van der Waals surface area contributed by atoms with E-state index in [0.29, 0.717) is 43.1 Å². The van der Waals surface area contributed by atoms with Crippen molar-refractivity contribution in [1.82, 2.24) is 9.99 Å². The first kappa shape index (κ1) is 31.3. The second-order valence-electron chi connectivity index (χ2n) is 9.76. The van der Waals surface area contributed by atoms with Crippen LogP contribution >= 0.6 is 39.1 Å². The molecule has 0 bridgehead atoms. The Hall–Kier alpha value is -4.18. The molecule has 5 aromatic rings. The third-order valence-corrected chi connectivity index (χ3v) is 8.09. The fourth-order valence-electron chi connectivity index (χ4n) is 4.43. The molecular formula is C33H28BrCl2N3O5. The Bertz CT molecular complexity index is 1800. The Morgan fingerprint density at radius 3 is 2.36 bits per heavy atom. The second-order valence-corrected chi connectivity index (χ2v) is 11.4. The number of nitrogens with one attached hydrogen (secondary N) is 1. The van der Waals surface area contributed by atoms with E-state index in [2.05, 4.69) is 57.0 Å². The second kappa shape index (κ2) is 14.1. The fourth-order valence-corrected chi connectivity index (χ4v) is 5.17. The molecule has 0 saturated carbocycles. The van der Waals surface area contributed by atoms with E-state index in [9.17, 15) is 4.79 Å². The summed E-state index contributed by atoms with van der Waals surface area (Å²) in [5, 5.41) is 5.00. The van der Waals surface area contributed by atoms with Gasteiger partial charge in [0.1, 0.15) is 24.7 Å². The molecule has 3 aromatic carbocycles. The van der Waals surface area contributed by atoms with Gasteiger partial charge in [-0.2, -0.15) is 5.10 Å². The molecule has 0 aliphatic carbocycles. The zero-order valence-electron chi connectivity index (χ0n) is 24.1. The van der Waals surface area contributed by atoms with Crippen molar-refractivity contribution in [2.45, 2.75) is 27.1 Å². The van der Waals surface area contributed by atoms with Crippen molar-refractivity contribution < 1.29 is 23.4 Å². The Kier molecular flexibility index (Phi) is 9.99.